The quantitative estimate of drug-likeness (QED) is 0.821. The van der Waals surface area contributed by atoms with Crippen molar-refractivity contribution in [3.8, 4) is 0 Å². The lowest BCUT2D eigenvalue weighted by molar-refractivity contribution is -0.122. The lowest BCUT2D eigenvalue weighted by Crippen LogP contribution is -2.37. The summed E-state index contributed by atoms with van der Waals surface area (Å²) >= 11 is 7.81. The number of thiophene rings is 1. The van der Waals surface area contributed by atoms with Crippen LogP contribution in [0.3, 0.4) is 0 Å². The third kappa shape index (κ3) is 4.62. The predicted molar refractivity (Wildman–Crippen MR) is 77.3 cm³/mol. The molecule has 2 rings (SSSR count). The summed E-state index contributed by atoms with van der Waals surface area (Å²) in [4.78, 5) is 13.1. The molecule has 0 radical (unpaired) electrons. The molecule has 1 aromatic rings. The van der Waals surface area contributed by atoms with Crippen molar-refractivity contribution in [2.24, 2.45) is 0 Å². The Hall–Kier alpha value is -0.540. The lowest BCUT2D eigenvalue weighted by atomic mass is 9.95. The smallest absolute Gasteiger partial charge is 0.220 e. The number of hydrogen-bond acceptors (Lipinski definition) is 2. The van der Waals surface area contributed by atoms with Crippen LogP contribution in [0.1, 0.15) is 43.4 Å². The zero-order valence-electron chi connectivity index (χ0n) is 10.5. The first-order valence-corrected chi connectivity index (χ1v) is 8.01. The minimum Gasteiger partial charge on any atom is -0.353 e. The van der Waals surface area contributed by atoms with Crippen LogP contribution < -0.4 is 5.32 Å². The molecule has 0 atom stereocenters. The highest BCUT2D eigenvalue weighted by atomic mass is 35.5. The van der Waals surface area contributed by atoms with Crippen LogP contribution in [-0.4, -0.2) is 17.3 Å². The van der Waals surface area contributed by atoms with Crippen LogP contribution in [0.2, 0.25) is 0 Å². The van der Waals surface area contributed by atoms with Crippen molar-refractivity contribution in [3.63, 3.8) is 0 Å². The Bertz CT molecular complexity index is 358. The summed E-state index contributed by atoms with van der Waals surface area (Å²) in [7, 11) is 0. The van der Waals surface area contributed by atoms with E-state index in [0.717, 1.165) is 38.5 Å². The van der Waals surface area contributed by atoms with Crippen molar-refractivity contribution >= 4 is 28.8 Å². The number of carbonyl (C=O) groups excluding carboxylic acids is 1. The highest BCUT2D eigenvalue weighted by Gasteiger charge is 2.20. The van der Waals surface area contributed by atoms with Gasteiger partial charge in [0.2, 0.25) is 5.91 Å². The molecular formula is C14H20ClNOS. The van der Waals surface area contributed by atoms with Crippen LogP contribution in [0, 0.1) is 0 Å². The third-order valence-corrected chi connectivity index (χ3v) is 4.80. The number of hydrogen-bond donors (Lipinski definition) is 1. The van der Waals surface area contributed by atoms with Gasteiger partial charge in [-0.25, -0.2) is 0 Å². The second-order valence-corrected chi connectivity index (χ2v) is 6.60. The largest absolute Gasteiger partial charge is 0.353 e. The van der Waals surface area contributed by atoms with E-state index >= 15 is 0 Å². The Kier molecular flexibility index (Phi) is 5.51. The van der Waals surface area contributed by atoms with Crippen molar-refractivity contribution in [1.29, 1.82) is 0 Å². The van der Waals surface area contributed by atoms with Crippen molar-refractivity contribution in [1.82, 2.24) is 5.32 Å². The highest BCUT2D eigenvalue weighted by molar-refractivity contribution is 7.09. The number of rotatable bonds is 5. The van der Waals surface area contributed by atoms with Crippen LogP contribution in [0.15, 0.2) is 17.5 Å². The normalized spacial score (nSPS) is 23.8. The first kappa shape index (κ1) is 13.9. The van der Waals surface area contributed by atoms with Crippen molar-refractivity contribution in [3.05, 3.63) is 22.4 Å². The fourth-order valence-electron chi connectivity index (χ4n) is 2.37. The maximum absolute atomic E-state index is 11.8. The van der Waals surface area contributed by atoms with Crippen molar-refractivity contribution in [2.45, 2.75) is 56.4 Å². The summed E-state index contributed by atoms with van der Waals surface area (Å²) in [5.74, 6) is 0.199. The second-order valence-electron chi connectivity index (χ2n) is 4.95. The number of nitrogens with one attached hydrogen (secondary N) is 1. The molecule has 1 aromatic heterocycles. The molecule has 0 spiro atoms. The van der Waals surface area contributed by atoms with Crippen molar-refractivity contribution < 1.29 is 4.79 Å². The Balaban J connectivity index is 1.60. The summed E-state index contributed by atoms with van der Waals surface area (Å²) in [5, 5.41) is 5.53. The van der Waals surface area contributed by atoms with Gasteiger partial charge in [-0.3, -0.25) is 4.79 Å². The molecule has 0 saturated heterocycles. The molecule has 1 N–H and O–H groups in total. The van der Waals surface area contributed by atoms with E-state index < -0.39 is 0 Å². The molecule has 1 fully saturated rings. The van der Waals surface area contributed by atoms with Gasteiger partial charge in [-0.2, -0.15) is 0 Å². The lowest BCUT2D eigenvalue weighted by Gasteiger charge is -2.25. The van der Waals surface area contributed by atoms with Gasteiger partial charge in [-0.15, -0.1) is 22.9 Å². The van der Waals surface area contributed by atoms with Crippen LogP contribution in [0.25, 0.3) is 0 Å². The Labute approximate surface area is 118 Å². The number of carbonyl (C=O) groups is 1. The van der Waals surface area contributed by atoms with E-state index in [9.17, 15) is 4.79 Å². The summed E-state index contributed by atoms with van der Waals surface area (Å²) in [5.41, 5.74) is 0. The number of alkyl halides is 1. The average Bonchev–Trinajstić information content (AvgIpc) is 2.85. The standard InChI is InChI=1S/C14H20ClNOS/c15-11-6-8-12(9-7-11)16-14(17)5-1-3-13-4-2-10-18-13/h2,4,10-12H,1,3,5-9H2,(H,16,17). The van der Waals surface area contributed by atoms with E-state index in [1.165, 1.54) is 4.88 Å². The van der Waals surface area contributed by atoms with Gasteiger partial charge in [0.1, 0.15) is 0 Å². The second kappa shape index (κ2) is 7.15. The van der Waals surface area contributed by atoms with E-state index in [1.807, 2.05) is 0 Å². The number of halogens is 1. The summed E-state index contributed by atoms with van der Waals surface area (Å²) in [6.07, 6.45) is 6.72. The Morgan fingerprint density at radius 3 is 2.83 bits per heavy atom. The fourth-order valence-corrected chi connectivity index (χ4v) is 3.38. The van der Waals surface area contributed by atoms with Gasteiger partial charge in [-0.05, 0) is 50.0 Å². The zero-order chi connectivity index (χ0) is 12.8. The molecule has 1 heterocycles. The monoisotopic (exact) mass is 285 g/mol. The SMILES string of the molecule is O=C(CCCc1cccs1)NC1CCC(Cl)CC1. The third-order valence-electron chi connectivity index (χ3n) is 3.43. The zero-order valence-corrected chi connectivity index (χ0v) is 12.1. The van der Waals surface area contributed by atoms with Crippen molar-refractivity contribution in [2.75, 3.05) is 0 Å². The topological polar surface area (TPSA) is 29.1 Å². The maximum atomic E-state index is 11.8. The summed E-state index contributed by atoms with van der Waals surface area (Å²) < 4.78 is 0. The minimum absolute atomic E-state index is 0.199. The predicted octanol–water partition coefficient (Wildman–Crippen LogP) is 3.74. The molecule has 18 heavy (non-hydrogen) atoms. The average molecular weight is 286 g/mol. The molecule has 0 unspecified atom stereocenters. The maximum Gasteiger partial charge on any atom is 0.220 e. The highest BCUT2D eigenvalue weighted by Crippen LogP contribution is 2.22. The van der Waals surface area contributed by atoms with Crippen LogP contribution in [0.4, 0.5) is 0 Å². The van der Waals surface area contributed by atoms with Gasteiger partial charge in [0, 0.05) is 22.7 Å². The number of amides is 1. The molecule has 1 amide bonds. The van der Waals surface area contributed by atoms with Gasteiger partial charge < -0.3 is 5.32 Å². The van der Waals surface area contributed by atoms with Gasteiger partial charge in [0.25, 0.3) is 0 Å². The van der Waals surface area contributed by atoms with Gasteiger partial charge in [0.05, 0.1) is 0 Å². The molecule has 0 aromatic carbocycles. The summed E-state index contributed by atoms with van der Waals surface area (Å²) in [6.45, 7) is 0. The first-order valence-electron chi connectivity index (χ1n) is 6.70. The molecular weight excluding hydrogens is 266 g/mol. The molecule has 2 nitrogen and oxygen atoms in total. The first-order chi connectivity index (χ1) is 8.74. The Morgan fingerprint density at radius 2 is 2.17 bits per heavy atom. The molecule has 1 aliphatic rings. The van der Waals surface area contributed by atoms with Crippen LogP contribution in [-0.2, 0) is 11.2 Å². The van der Waals surface area contributed by atoms with Crippen LogP contribution >= 0.6 is 22.9 Å². The molecule has 0 aliphatic heterocycles. The molecule has 0 bridgehead atoms. The molecule has 100 valence electrons. The van der Waals surface area contributed by atoms with Gasteiger partial charge in [0.15, 0.2) is 0 Å². The molecule has 1 aliphatic carbocycles. The van der Waals surface area contributed by atoms with E-state index in [4.69, 9.17) is 11.6 Å². The van der Waals surface area contributed by atoms with E-state index in [1.54, 1.807) is 11.3 Å². The summed E-state index contributed by atoms with van der Waals surface area (Å²) in [6, 6.07) is 4.55. The van der Waals surface area contributed by atoms with Crippen LogP contribution in [0.5, 0.6) is 0 Å². The molecule has 4 heteroatoms. The fraction of sp³-hybridized carbons (Fsp3) is 0.643. The Morgan fingerprint density at radius 1 is 1.39 bits per heavy atom. The minimum atomic E-state index is 0.199. The molecule has 1 saturated carbocycles. The van der Waals surface area contributed by atoms with E-state index in [2.05, 4.69) is 22.8 Å². The number of aryl methyl sites for hydroxylation is 1. The van der Waals surface area contributed by atoms with E-state index in [-0.39, 0.29) is 5.91 Å². The van der Waals surface area contributed by atoms with Gasteiger partial charge >= 0.3 is 0 Å². The van der Waals surface area contributed by atoms with E-state index in [0.29, 0.717) is 17.8 Å². The van der Waals surface area contributed by atoms with Gasteiger partial charge in [-0.1, -0.05) is 6.07 Å².